The molecule has 1 aliphatic rings. The second-order valence-corrected chi connectivity index (χ2v) is 6.11. The topological polar surface area (TPSA) is 98.3 Å². The Kier molecular flexibility index (Phi) is 6.41. The number of carbonyl (C=O) groups excluding carboxylic acids is 1. The van der Waals surface area contributed by atoms with Crippen LogP contribution in [0, 0.1) is 0 Å². The number of rotatable bonds is 6. The summed E-state index contributed by atoms with van der Waals surface area (Å²) in [5.74, 6) is -0.393. The first-order valence-corrected chi connectivity index (χ1v) is 8.64. The average Bonchev–Trinajstić information content (AvgIpc) is 2.52. The lowest BCUT2D eigenvalue weighted by molar-refractivity contribution is 0.0816. The minimum Gasteiger partial charge on any atom is -0.393 e. The number of nitrogens with one attached hydrogen (secondary N) is 2. The molecule has 122 valence electrons. The van der Waals surface area contributed by atoms with E-state index in [2.05, 4.69) is 20.2 Å². The van der Waals surface area contributed by atoms with Crippen molar-refractivity contribution in [1.82, 2.24) is 20.2 Å². The van der Waals surface area contributed by atoms with Gasteiger partial charge in [-0.1, -0.05) is 11.8 Å². The summed E-state index contributed by atoms with van der Waals surface area (Å²) in [6.45, 7) is 3.19. The smallest absolute Gasteiger partial charge is 0.264 e. The number of aromatic nitrogens is 2. The van der Waals surface area contributed by atoms with Crippen LogP contribution in [0.4, 0.5) is 0 Å². The van der Waals surface area contributed by atoms with E-state index in [-0.39, 0.29) is 11.7 Å². The van der Waals surface area contributed by atoms with E-state index < -0.39 is 11.5 Å². The van der Waals surface area contributed by atoms with Gasteiger partial charge in [0.2, 0.25) is 0 Å². The van der Waals surface area contributed by atoms with E-state index in [1.807, 2.05) is 0 Å². The lowest BCUT2D eigenvalue weighted by atomic mass is 10.1. The SMILES string of the molecule is CSc1ncc(C(=O)NCCCN2CCC(O)CC2)c(=O)[nH]1. The zero-order valence-corrected chi connectivity index (χ0v) is 13.5. The van der Waals surface area contributed by atoms with Crippen LogP contribution in [-0.2, 0) is 0 Å². The molecule has 3 N–H and O–H groups in total. The van der Waals surface area contributed by atoms with Crippen LogP contribution < -0.4 is 10.9 Å². The summed E-state index contributed by atoms with van der Waals surface area (Å²) in [5, 5.41) is 12.7. The van der Waals surface area contributed by atoms with Gasteiger partial charge in [-0.25, -0.2) is 4.98 Å². The maximum Gasteiger partial charge on any atom is 0.264 e. The lowest BCUT2D eigenvalue weighted by Crippen LogP contribution is -2.38. The standard InChI is InChI=1S/C14H22N4O3S/c1-22-14-16-9-11(13(21)17-14)12(20)15-5-2-6-18-7-3-10(19)4-8-18/h9-10,19H,2-8H2,1H3,(H,15,20)(H,16,17,21). The second kappa shape index (κ2) is 8.30. The first kappa shape index (κ1) is 17.0. The summed E-state index contributed by atoms with van der Waals surface area (Å²) in [4.78, 5) is 32.5. The molecule has 0 aromatic carbocycles. The van der Waals surface area contributed by atoms with Crippen LogP contribution in [-0.4, -0.2) is 64.4 Å². The summed E-state index contributed by atoms with van der Waals surface area (Å²) < 4.78 is 0. The molecule has 0 spiro atoms. The Bertz CT molecular complexity index is 555. The molecule has 22 heavy (non-hydrogen) atoms. The fraction of sp³-hybridized carbons (Fsp3) is 0.643. The second-order valence-electron chi connectivity index (χ2n) is 5.32. The first-order valence-electron chi connectivity index (χ1n) is 7.42. The summed E-state index contributed by atoms with van der Waals surface area (Å²) in [5.41, 5.74) is -0.374. The van der Waals surface area contributed by atoms with Crippen molar-refractivity contribution in [1.29, 1.82) is 0 Å². The highest BCUT2D eigenvalue weighted by atomic mass is 32.2. The van der Waals surface area contributed by atoms with Gasteiger partial charge in [-0.2, -0.15) is 0 Å². The third-order valence-corrected chi connectivity index (χ3v) is 4.30. The number of H-pyrrole nitrogens is 1. The Hall–Kier alpha value is -1.38. The molecule has 0 radical (unpaired) electrons. The number of carbonyl (C=O) groups is 1. The fourth-order valence-corrected chi connectivity index (χ4v) is 2.74. The zero-order chi connectivity index (χ0) is 15.9. The average molecular weight is 326 g/mol. The van der Waals surface area contributed by atoms with Crippen molar-refractivity contribution in [2.24, 2.45) is 0 Å². The quantitative estimate of drug-likeness (QED) is 0.389. The van der Waals surface area contributed by atoms with Gasteiger partial charge in [0, 0.05) is 25.8 Å². The molecule has 1 aromatic rings. The molecule has 0 unspecified atom stereocenters. The Labute approximate surface area is 133 Å². The molecule has 7 nitrogen and oxygen atoms in total. The van der Waals surface area contributed by atoms with Crippen LogP contribution in [0.5, 0.6) is 0 Å². The van der Waals surface area contributed by atoms with Crippen LogP contribution in [0.25, 0.3) is 0 Å². The van der Waals surface area contributed by atoms with Gasteiger partial charge in [0.25, 0.3) is 11.5 Å². The van der Waals surface area contributed by atoms with Gasteiger partial charge in [0.1, 0.15) is 5.56 Å². The molecule has 1 aliphatic heterocycles. The number of hydrogen-bond acceptors (Lipinski definition) is 6. The van der Waals surface area contributed by atoms with Gasteiger partial charge < -0.3 is 20.3 Å². The maximum atomic E-state index is 11.9. The third-order valence-electron chi connectivity index (χ3n) is 3.71. The number of thioether (sulfide) groups is 1. The van der Waals surface area contributed by atoms with Crippen molar-refractivity contribution < 1.29 is 9.90 Å². The van der Waals surface area contributed by atoms with Gasteiger partial charge in [0.05, 0.1) is 6.10 Å². The van der Waals surface area contributed by atoms with Crippen molar-refractivity contribution in [2.45, 2.75) is 30.5 Å². The predicted molar refractivity (Wildman–Crippen MR) is 85.3 cm³/mol. The van der Waals surface area contributed by atoms with E-state index in [0.717, 1.165) is 38.9 Å². The lowest BCUT2D eigenvalue weighted by Gasteiger charge is -2.29. The number of aromatic amines is 1. The maximum absolute atomic E-state index is 11.9. The normalized spacial score (nSPS) is 16.6. The molecule has 8 heteroatoms. The number of amides is 1. The molecule has 1 amide bonds. The van der Waals surface area contributed by atoms with Crippen LogP contribution in [0.1, 0.15) is 29.6 Å². The Morgan fingerprint density at radius 1 is 1.55 bits per heavy atom. The molecule has 0 atom stereocenters. The number of hydrogen-bond donors (Lipinski definition) is 3. The number of nitrogens with zero attached hydrogens (tertiary/aromatic N) is 2. The van der Waals surface area contributed by atoms with Crippen molar-refractivity contribution in [3.05, 3.63) is 22.1 Å². The molecule has 2 rings (SSSR count). The summed E-state index contributed by atoms with van der Waals surface area (Å²) in [7, 11) is 0. The highest BCUT2D eigenvalue weighted by Gasteiger charge is 2.16. The van der Waals surface area contributed by atoms with E-state index in [4.69, 9.17) is 0 Å². The van der Waals surface area contributed by atoms with Crippen LogP contribution in [0.3, 0.4) is 0 Å². The van der Waals surface area contributed by atoms with Gasteiger partial charge in [0.15, 0.2) is 5.16 Å². The van der Waals surface area contributed by atoms with Gasteiger partial charge in [-0.3, -0.25) is 9.59 Å². The minimum absolute atomic E-state index is 0.0406. The van der Waals surface area contributed by atoms with E-state index in [0.29, 0.717) is 11.7 Å². The van der Waals surface area contributed by atoms with E-state index in [1.54, 1.807) is 6.26 Å². The van der Waals surface area contributed by atoms with E-state index >= 15 is 0 Å². The summed E-state index contributed by atoms with van der Waals surface area (Å²) in [6.07, 6.45) is 5.39. The Balaban J connectivity index is 1.73. The first-order chi connectivity index (χ1) is 10.6. The van der Waals surface area contributed by atoms with E-state index in [9.17, 15) is 14.7 Å². The molecule has 2 heterocycles. The monoisotopic (exact) mass is 326 g/mol. The highest BCUT2D eigenvalue weighted by Crippen LogP contribution is 2.09. The summed E-state index contributed by atoms with van der Waals surface area (Å²) in [6, 6.07) is 0. The summed E-state index contributed by atoms with van der Waals surface area (Å²) >= 11 is 1.32. The van der Waals surface area contributed by atoms with Crippen LogP contribution >= 0.6 is 11.8 Å². The van der Waals surface area contributed by atoms with Gasteiger partial charge in [-0.15, -0.1) is 0 Å². The molecular formula is C14H22N4O3S. The largest absolute Gasteiger partial charge is 0.393 e. The van der Waals surface area contributed by atoms with Crippen molar-refractivity contribution in [3.8, 4) is 0 Å². The number of piperidine rings is 1. The molecule has 0 saturated carbocycles. The number of likely N-dealkylation sites (tertiary alicyclic amines) is 1. The zero-order valence-electron chi connectivity index (χ0n) is 12.7. The fourth-order valence-electron chi connectivity index (χ4n) is 2.39. The third kappa shape index (κ3) is 4.82. The van der Waals surface area contributed by atoms with Crippen molar-refractivity contribution in [3.63, 3.8) is 0 Å². The van der Waals surface area contributed by atoms with Gasteiger partial charge in [-0.05, 0) is 32.1 Å². The minimum atomic E-state index is -0.415. The molecule has 0 bridgehead atoms. The molecule has 1 fully saturated rings. The molecule has 1 saturated heterocycles. The molecule has 1 aromatic heterocycles. The molecular weight excluding hydrogens is 304 g/mol. The van der Waals surface area contributed by atoms with Crippen LogP contribution in [0.15, 0.2) is 16.1 Å². The molecule has 0 aliphatic carbocycles. The van der Waals surface area contributed by atoms with Crippen LogP contribution in [0.2, 0.25) is 0 Å². The Morgan fingerprint density at radius 2 is 2.27 bits per heavy atom. The number of aliphatic hydroxyl groups is 1. The van der Waals surface area contributed by atoms with Crippen molar-refractivity contribution in [2.75, 3.05) is 32.4 Å². The van der Waals surface area contributed by atoms with Crippen molar-refractivity contribution >= 4 is 17.7 Å². The predicted octanol–water partition coefficient (Wildman–Crippen LogP) is 0.0684. The highest BCUT2D eigenvalue weighted by molar-refractivity contribution is 7.98. The number of aliphatic hydroxyl groups excluding tert-OH is 1. The van der Waals surface area contributed by atoms with Gasteiger partial charge >= 0.3 is 0 Å². The Morgan fingerprint density at radius 3 is 2.91 bits per heavy atom. The van der Waals surface area contributed by atoms with E-state index in [1.165, 1.54) is 18.0 Å².